The van der Waals surface area contributed by atoms with Crippen molar-refractivity contribution in [3.63, 3.8) is 0 Å². The molecular formula is C11H12ClN3O2. The maximum Gasteiger partial charge on any atom is 0.225 e. The molecule has 1 fully saturated rings. The lowest BCUT2D eigenvalue weighted by Crippen LogP contribution is -2.32. The van der Waals surface area contributed by atoms with E-state index in [1.54, 1.807) is 12.3 Å². The van der Waals surface area contributed by atoms with Crippen LogP contribution in [-0.4, -0.2) is 34.3 Å². The Hall–Kier alpha value is -1.33. The zero-order valence-corrected chi connectivity index (χ0v) is 9.89. The molecule has 1 N–H and O–H groups in total. The highest BCUT2D eigenvalue weighted by Gasteiger charge is 2.28. The number of furan rings is 1. The first-order valence-electron chi connectivity index (χ1n) is 5.58. The topological polar surface area (TPSA) is 62.4 Å². The quantitative estimate of drug-likeness (QED) is 0.828. The van der Waals surface area contributed by atoms with E-state index in [1.807, 2.05) is 4.90 Å². The zero-order valence-electron chi connectivity index (χ0n) is 9.14. The van der Waals surface area contributed by atoms with Crippen molar-refractivity contribution in [2.24, 2.45) is 0 Å². The van der Waals surface area contributed by atoms with Gasteiger partial charge in [-0.05, 0) is 24.4 Å². The smallest absolute Gasteiger partial charge is 0.225 e. The molecule has 90 valence electrons. The van der Waals surface area contributed by atoms with Gasteiger partial charge in [-0.2, -0.15) is 4.98 Å². The highest BCUT2D eigenvalue weighted by atomic mass is 35.5. The molecule has 0 aromatic carbocycles. The second kappa shape index (κ2) is 4.16. The molecule has 6 heteroatoms. The molecule has 1 saturated heterocycles. The van der Waals surface area contributed by atoms with Gasteiger partial charge in [-0.15, -0.1) is 0 Å². The third-order valence-corrected chi connectivity index (χ3v) is 3.29. The van der Waals surface area contributed by atoms with Gasteiger partial charge in [-0.25, -0.2) is 4.98 Å². The van der Waals surface area contributed by atoms with Gasteiger partial charge < -0.3 is 14.4 Å². The molecule has 17 heavy (non-hydrogen) atoms. The molecule has 2 aromatic rings. The first kappa shape index (κ1) is 10.8. The van der Waals surface area contributed by atoms with Crippen molar-refractivity contribution in [2.45, 2.75) is 18.9 Å². The zero-order chi connectivity index (χ0) is 11.8. The molecule has 2 aromatic heterocycles. The highest BCUT2D eigenvalue weighted by Crippen LogP contribution is 2.31. The van der Waals surface area contributed by atoms with Crippen LogP contribution in [0.15, 0.2) is 16.7 Å². The minimum atomic E-state index is 0.0919. The normalized spacial score (nSPS) is 20.4. The SMILES string of the molecule is OC[C@H]1CCCN1c1nc(Cl)nc2ccoc12. The molecule has 0 spiro atoms. The van der Waals surface area contributed by atoms with Crippen molar-refractivity contribution in [1.82, 2.24) is 9.97 Å². The molecule has 1 aliphatic rings. The number of fused-ring (bicyclic) bond motifs is 1. The van der Waals surface area contributed by atoms with Gasteiger partial charge in [0.15, 0.2) is 11.4 Å². The number of aromatic nitrogens is 2. The third-order valence-electron chi connectivity index (χ3n) is 3.12. The second-order valence-electron chi connectivity index (χ2n) is 4.12. The molecule has 0 saturated carbocycles. The number of rotatable bonds is 2. The Morgan fingerprint density at radius 1 is 1.53 bits per heavy atom. The van der Waals surface area contributed by atoms with Gasteiger partial charge in [0.25, 0.3) is 0 Å². The van der Waals surface area contributed by atoms with E-state index >= 15 is 0 Å². The van der Waals surface area contributed by atoms with Gasteiger partial charge in [0, 0.05) is 12.6 Å². The molecule has 0 unspecified atom stereocenters. The lowest BCUT2D eigenvalue weighted by molar-refractivity contribution is 0.266. The van der Waals surface area contributed by atoms with Crippen molar-refractivity contribution >= 4 is 28.5 Å². The minimum absolute atomic E-state index is 0.0919. The largest absolute Gasteiger partial charge is 0.459 e. The summed E-state index contributed by atoms with van der Waals surface area (Å²) in [7, 11) is 0. The number of aliphatic hydroxyl groups excluding tert-OH is 1. The summed E-state index contributed by atoms with van der Waals surface area (Å²) >= 11 is 5.90. The fourth-order valence-corrected chi connectivity index (χ4v) is 2.49. The summed E-state index contributed by atoms with van der Waals surface area (Å²) in [6, 6.07) is 1.85. The monoisotopic (exact) mass is 253 g/mol. The lowest BCUT2D eigenvalue weighted by atomic mass is 10.2. The predicted octanol–water partition coefficient (Wildman–Crippen LogP) is 1.84. The van der Waals surface area contributed by atoms with Gasteiger partial charge in [0.2, 0.25) is 5.28 Å². The number of nitrogens with zero attached hydrogens (tertiary/aromatic N) is 3. The second-order valence-corrected chi connectivity index (χ2v) is 4.46. The number of hydrogen-bond acceptors (Lipinski definition) is 5. The van der Waals surface area contributed by atoms with Crippen molar-refractivity contribution in [3.8, 4) is 0 Å². The Morgan fingerprint density at radius 3 is 3.24 bits per heavy atom. The Kier molecular flexibility index (Phi) is 2.64. The van der Waals surface area contributed by atoms with E-state index in [0.29, 0.717) is 16.9 Å². The first-order chi connectivity index (χ1) is 8.29. The molecule has 0 amide bonds. The Bertz CT molecular complexity index is 542. The molecule has 1 aliphatic heterocycles. The minimum Gasteiger partial charge on any atom is -0.459 e. The highest BCUT2D eigenvalue weighted by molar-refractivity contribution is 6.28. The van der Waals surface area contributed by atoms with Crippen molar-refractivity contribution in [1.29, 1.82) is 0 Å². The predicted molar refractivity (Wildman–Crippen MR) is 64.3 cm³/mol. The molecule has 1 atom stereocenters. The van der Waals surface area contributed by atoms with Gasteiger partial charge in [0.1, 0.15) is 5.52 Å². The van der Waals surface area contributed by atoms with E-state index in [2.05, 4.69) is 9.97 Å². The van der Waals surface area contributed by atoms with Crippen LogP contribution in [-0.2, 0) is 0 Å². The molecule has 0 bridgehead atoms. The van der Waals surface area contributed by atoms with Crippen LogP contribution in [0.25, 0.3) is 11.1 Å². The van der Waals surface area contributed by atoms with Crippen molar-refractivity contribution < 1.29 is 9.52 Å². The first-order valence-corrected chi connectivity index (χ1v) is 5.95. The molecule has 3 heterocycles. The maximum atomic E-state index is 9.34. The van der Waals surface area contributed by atoms with Crippen LogP contribution in [0.1, 0.15) is 12.8 Å². The summed E-state index contributed by atoms with van der Waals surface area (Å²) in [6.45, 7) is 0.970. The van der Waals surface area contributed by atoms with E-state index in [9.17, 15) is 5.11 Å². The molecular weight excluding hydrogens is 242 g/mol. The van der Waals surface area contributed by atoms with Crippen LogP contribution < -0.4 is 4.90 Å². The summed E-state index contributed by atoms with van der Waals surface area (Å²) in [5.74, 6) is 0.682. The Morgan fingerprint density at radius 2 is 2.41 bits per heavy atom. The van der Waals surface area contributed by atoms with Gasteiger partial charge in [-0.1, -0.05) is 0 Å². The van der Waals surface area contributed by atoms with E-state index in [-0.39, 0.29) is 17.9 Å². The average molecular weight is 254 g/mol. The van der Waals surface area contributed by atoms with Crippen LogP contribution in [0.2, 0.25) is 5.28 Å². The Balaban J connectivity index is 2.12. The van der Waals surface area contributed by atoms with Gasteiger partial charge in [0.05, 0.1) is 18.9 Å². The van der Waals surface area contributed by atoms with Crippen LogP contribution >= 0.6 is 11.6 Å². The molecule has 5 nitrogen and oxygen atoms in total. The van der Waals surface area contributed by atoms with E-state index in [4.69, 9.17) is 16.0 Å². The number of hydrogen-bond donors (Lipinski definition) is 1. The van der Waals surface area contributed by atoms with Crippen LogP contribution in [0.4, 0.5) is 5.82 Å². The number of anilines is 1. The van der Waals surface area contributed by atoms with Crippen LogP contribution in [0.3, 0.4) is 0 Å². The number of aliphatic hydroxyl groups is 1. The fraction of sp³-hybridized carbons (Fsp3) is 0.455. The summed E-state index contributed by atoms with van der Waals surface area (Å²) in [6.07, 6.45) is 3.57. The Labute approximate surface area is 103 Å². The summed E-state index contributed by atoms with van der Waals surface area (Å²) < 4.78 is 5.40. The van der Waals surface area contributed by atoms with E-state index < -0.39 is 0 Å². The van der Waals surface area contributed by atoms with Crippen LogP contribution in [0, 0.1) is 0 Å². The average Bonchev–Trinajstić information content (AvgIpc) is 2.95. The molecule has 0 radical (unpaired) electrons. The molecule has 0 aliphatic carbocycles. The standard InChI is InChI=1S/C11H12ClN3O2/c12-11-13-8-3-5-17-9(8)10(14-11)15-4-1-2-7(15)6-16/h3,5,7,16H,1-2,4,6H2/t7-/m1/s1. The van der Waals surface area contributed by atoms with Gasteiger partial charge >= 0.3 is 0 Å². The summed E-state index contributed by atoms with van der Waals surface area (Å²) in [4.78, 5) is 10.4. The van der Waals surface area contributed by atoms with Gasteiger partial charge in [-0.3, -0.25) is 0 Å². The lowest BCUT2D eigenvalue weighted by Gasteiger charge is -2.23. The number of halogens is 1. The van der Waals surface area contributed by atoms with Crippen LogP contribution in [0.5, 0.6) is 0 Å². The van der Waals surface area contributed by atoms with E-state index in [1.165, 1.54) is 0 Å². The summed E-state index contributed by atoms with van der Waals surface area (Å²) in [5.41, 5.74) is 1.33. The van der Waals surface area contributed by atoms with Crippen molar-refractivity contribution in [2.75, 3.05) is 18.1 Å². The maximum absolute atomic E-state index is 9.34. The fourth-order valence-electron chi connectivity index (χ4n) is 2.32. The third kappa shape index (κ3) is 1.75. The van der Waals surface area contributed by atoms with E-state index in [0.717, 1.165) is 19.4 Å². The van der Waals surface area contributed by atoms with Crippen molar-refractivity contribution in [3.05, 3.63) is 17.6 Å². The molecule has 3 rings (SSSR count). The summed E-state index contributed by atoms with van der Waals surface area (Å²) in [5, 5.41) is 9.55.